The van der Waals surface area contributed by atoms with Crippen molar-refractivity contribution in [2.75, 3.05) is 26.4 Å². The van der Waals surface area contributed by atoms with Crippen LogP contribution in [0.4, 0.5) is 0 Å². The number of carbonyl (C=O) groups excluding carboxylic acids is 4. The second-order valence-corrected chi connectivity index (χ2v) is 34.1. The van der Waals surface area contributed by atoms with E-state index in [2.05, 4.69) is 58.9 Å². The molecule has 0 aromatic rings. The highest BCUT2D eigenvalue weighted by Gasteiger charge is 2.60. The highest BCUT2D eigenvalue weighted by Crippen LogP contribution is 2.49. The molecule has 25 nitrogen and oxygen atoms in total. The number of allylic oxidation sites excluding steroid dienone is 4. The maximum absolute atomic E-state index is 14.9. The van der Waals surface area contributed by atoms with Crippen LogP contribution in [0.3, 0.4) is 0 Å². The van der Waals surface area contributed by atoms with Crippen molar-refractivity contribution in [1.29, 1.82) is 0 Å². The molecule has 0 radical (unpaired) electrons. The number of aliphatic hydroxyl groups excluding tert-OH is 9. The van der Waals surface area contributed by atoms with Gasteiger partial charge in [-0.25, -0.2) is 4.57 Å². The fourth-order valence-electron chi connectivity index (χ4n) is 15.0. The Morgan fingerprint density at radius 3 is 1.14 bits per heavy atom. The number of carbonyl (C=O) groups is 4. The minimum absolute atomic E-state index is 0.0146. The van der Waals surface area contributed by atoms with Crippen LogP contribution in [0.15, 0.2) is 24.3 Å². The number of hydrogen-bond donors (Lipinski definition) is 10. The number of phosphoric ester groups is 1. The van der Waals surface area contributed by atoms with Crippen molar-refractivity contribution < 1.29 is 122 Å². The summed E-state index contributed by atoms with van der Waals surface area (Å²) in [7, 11) is -5.81. The van der Waals surface area contributed by atoms with Crippen molar-refractivity contribution in [3.63, 3.8) is 0 Å². The van der Waals surface area contributed by atoms with Gasteiger partial charge in [0.25, 0.3) is 0 Å². The lowest BCUT2D eigenvalue weighted by Gasteiger charge is -2.50. The van der Waals surface area contributed by atoms with E-state index in [-0.39, 0.29) is 32.1 Å². The summed E-state index contributed by atoms with van der Waals surface area (Å²) in [4.78, 5) is 66.3. The predicted molar refractivity (Wildman–Crippen MR) is 439 cm³/mol. The van der Waals surface area contributed by atoms with Gasteiger partial charge in [0.05, 0.1) is 13.2 Å². The van der Waals surface area contributed by atoms with Gasteiger partial charge in [-0.05, 0) is 83.0 Å². The Labute approximate surface area is 685 Å². The Kier molecular flexibility index (Phi) is 61.5. The van der Waals surface area contributed by atoms with Gasteiger partial charge in [0, 0.05) is 25.7 Å². The molecule has 19 atom stereocenters. The molecular formula is C88H161O25P. The third-order valence-corrected chi connectivity index (χ3v) is 23.3. The summed E-state index contributed by atoms with van der Waals surface area (Å²) >= 11 is 0. The Morgan fingerprint density at radius 1 is 0.368 bits per heavy atom. The first-order chi connectivity index (χ1) is 55.1. The van der Waals surface area contributed by atoms with Crippen LogP contribution >= 0.6 is 7.82 Å². The van der Waals surface area contributed by atoms with Crippen molar-refractivity contribution >= 4 is 31.7 Å². The van der Waals surface area contributed by atoms with Crippen LogP contribution in [0.1, 0.15) is 375 Å². The molecule has 3 aliphatic rings. The molecule has 0 aromatic heterocycles. The van der Waals surface area contributed by atoms with Crippen LogP contribution in [0.5, 0.6) is 0 Å². The standard InChI is InChI=1S/C88H161O25P/c1-6-10-14-18-22-25-28-31-34-37-40-47-54-60-72(91)105-66-70-76(95)78(97)82(101)88(109-70)112-85-83(110-74(93)62-56-50-42-39-36-33-30-27-24-20-16-12-8-3)79(98)80(99)84(111-87-81(100)77(96)75(94)69(63-89)108-87)86(85)113-114(102,103)106-65-68(107-73(92)61-55-49-41-38-35-32-29-26-23-19-15-11-7-2)64-104-71(90)59-53-48-44-43-46-52-58-67(5)57-51-45-21-17-13-9-4/h32-33,35-36,67-70,75-89,94-101H,6-31,34,37-66H2,1-5H3,(H,102,103)/b35-32-,36-33-. The maximum Gasteiger partial charge on any atom is 0.472 e. The molecule has 114 heavy (non-hydrogen) atoms. The molecule has 10 N–H and O–H groups in total. The van der Waals surface area contributed by atoms with E-state index in [9.17, 15) is 74.6 Å². The van der Waals surface area contributed by atoms with Gasteiger partial charge in [0.1, 0.15) is 92.6 Å². The summed E-state index contributed by atoms with van der Waals surface area (Å²) in [5.74, 6) is -2.32. The number of phosphoric acid groups is 1. The van der Waals surface area contributed by atoms with Crippen molar-refractivity contribution in [2.45, 2.75) is 479 Å². The quantitative estimate of drug-likeness (QED) is 0.00889. The first-order valence-corrected chi connectivity index (χ1v) is 47.0. The van der Waals surface area contributed by atoms with Gasteiger partial charge in [0.2, 0.25) is 0 Å². The average Bonchev–Trinajstić information content (AvgIpc) is 0.754. The Hall–Kier alpha value is -3.05. The molecule has 0 bridgehead atoms. The molecular weight excluding hydrogens is 1490 g/mol. The molecule has 2 heterocycles. The van der Waals surface area contributed by atoms with Crippen LogP contribution in [0.2, 0.25) is 0 Å². The van der Waals surface area contributed by atoms with E-state index in [1.165, 1.54) is 154 Å². The molecule has 1 saturated carbocycles. The summed E-state index contributed by atoms with van der Waals surface area (Å²) in [6.07, 6.45) is 23.6. The molecule has 3 fully saturated rings. The number of rotatable bonds is 72. The fourth-order valence-corrected chi connectivity index (χ4v) is 15.9. The SMILES string of the molecule is CCCCCCCC/C=C\CCCCCC(=O)OC(COC(=O)CCCCCCCCC(C)CCCCCCCC)COP(=O)(O)OC1C(OC2OC(CO)C(O)C(O)C2O)C(O)C(O)C(OC(=O)CCCCC/C=C\CCCCCCCC)C1OC1OC(COC(=O)CCCCCCCCCCCCCCC)C(O)C(O)C1O. The highest BCUT2D eigenvalue weighted by atomic mass is 31.2. The number of ether oxygens (including phenoxy) is 8. The number of hydrogen-bond acceptors (Lipinski definition) is 24. The Morgan fingerprint density at radius 2 is 0.711 bits per heavy atom. The summed E-state index contributed by atoms with van der Waals surface area (Å²) in [5.41, 5.74) is 0. The third kappa shape index (κ3) is 47.2. The van der Waals surface area contributed by atoms with Crippen LogP contribution < -0.4 is 0 Å². The molecule has 1 aliphatic carbocycles. The predicted octanol–water partition coefficient (Wildman–Crippen LogP) is 16.0. The van der Waals surface area contributed by atoms with E-state index >= 15 is 0 Å². The van der Waals surface area contributed by atoms with Gasteiger partial charge in [-0.3, -0.25) is 28.2 Å². The van der Waals surface area contributed by atoms with Crippen molar-refractivity contribution in [1.82, 2.24) is 0 Å². The number of esters is 4. The van der Waals surface area contributed by atoms with Gasteiger partial charge >= 0.3 is 31.7 Å². The van der Waals surface area contributed by atoms with Crippen LogP contribution in [-0.4, -0.2) is 205 Å². The zero-order valence-corrected chi connectivity index (χ0v) is 71.9. The topological polar surface area (TPSA) is 380 Å². The highest BCUT2D eigenvalue weighted by molar-refractivity contribution is 7.47. The first kappa shape index (κ1) is 105. The monoisotopic (exact) mass is 1650 g/mol. The molecule has 2 saturated heterocycles. The van der Waals surface area contributed by atoms with Crippen LogP contribution in [0.25, 0.3) is 0 Å². The first-order valence-electron chi connectivity index (χ1n) is 45.5. The lowest BCUT2D eigenvalue weighted by Crippen LogP contribution is -2.70. The lowest BCUT2D eigenvalue weighted by atomic mass is 9.84. The van der Waals surface area contributed by atoms with Crippen molar-refractivity contribution in [3.05, 3.63) is 24.3 Å². The van der Waals surface area contributed by atoms with Gasteiger partial charge in [-0.1, -0.05) is 296 Å². The van der Waals surface area contributed by atoms with Crippen LogP contribution in [0, 0.1) is 5.92 Å². The second-order valence-electron chi connectivity index (χ2n) is 32.7. The molecule has 2 aliphatic heterocycles. The van der Waals surface area contributed by atoms with E-state index in [0.717, 1.165) is 116 Å². The van der Waals surface area contributed by atoms with E-state index in [4.69, 9.17) is 46.9 Å². The molecule has 0 spiro atoms. The summed E-state index contributed by atoms with van der Waals surface area (Å²) in [6, 6.07) is 0. The smallest absolute Gasteiger partial charge is 0.463 e. The molecule has 3 rings (SSSR count). The normalized spacial score (nSPS) is 25.7. The largest absolute Gasteiger partial charge is 0.472 e. The number of aliphatic hydroxyl groups is 9. The van der Waals surface area contributed by atoms with E-state index < -0.39 is 162 Å². The van der Waals surface area contributed by atoms with Gasteiger partial charge in [0.15, 0.2) is 24.8 Å². The molecule has 0 aromatic carbocycles. The summed E-state index contributed by atoms with van der Waals surface area (Å²) < 4.78 is 73.3. The van der Waals surface area contributed by atoms with E-state index in [1.54, 1.807) is 0 Å². The van der Waals surface area contributed by atoms with E-state index in [0.29, 0.717) is 44.4 Å². The van der Waals surface area contributed by atoms with Gasteiger partial charge < -0.3 is 88.7 Å². The fraction of sp³-hybridized carbons (Fsp3) is 0.909. The molecule has 668 valence electrons. The average molecular weight is 1650 g/mol. The minimum Gasteiger partial charge on any atom is -0.463 e. The Bertz CT molecular complexity index is 2490. The zero-order chi connectivity index (χ0) is 83.4. The molecule has 26 heteroatoms. The molecule has 19 unspecified atom stereocenters. The third-order valence-electron chi connectivity index (χ3n) is 22.3. The Balaban J connectivity index is 1.94. The van der Waals surface area contributed by atoms with Gasteiger partial charge in [-0.15, -0.1) is 0 Å². The van der Waals surface area contributed by atoms with E-state index in [1.807, 2.05) is 0 Å². The van der Waals surface area contributed by atoms with Crippen molar-refractivity contribution in [3.8, 4) is 0 Å². The summed E-state index contributed by atoms with van der Waals surface area (Å²) in [6.45, 7) is 7.86. The zero-order valence-electron chi connectivity index (χ0n) is 71.0. The lowest BCUT2D eigenvalue weighted by molar-refractivity contribution is -0.360. The second kappa shape index (κ2) is 66.6. The summed E-state index contributed by atoms with van der Waals surface area (Å²) in [5, 5.41) is 102. The maximum atomic E-state index is 14.9. The molecule has 0 amide bonds. The number of unbranched alkanes of at least 4 members (excludes halogenated alkanes) is 40. The van der Waals surface area contributed by atoms with Crippen LogP contribution in [-0.2, 0) is 70.7 Å². The van der Waals surface area contributed by atoms with Gasteiger partial charge in [-0.2, -0.15) is 0 Å². The minimum atomic E-state index is -5.81. The van der Waals surface area contributed by atoms with Crippen molar-refractivity contribution in [2.24, 2.45) is 5.92 Å².